The maximum absolute atomic E-state index is 6.17. The topological polar surface area (TPSA) is 28.9 Å². The summed E-state index contributed by atoms with van der Waals surface area (Å²) in [4.78, 5) is 3.53. The first kappa shape index (κ1) is 16.0. The quantitative estimate of drug-likeness (QED) is 0.359. The third-order valence-corrected chi connectivity index (χ3v) is 5.36. The number of benzene rings is 3. The summed E-state index contributed by atoms with van der Waals surface area (Å²) in [5.74, 6) is 0.880. The Morgan fingerprint density at radius 1 is 0.667 bits per heavy atom. The lowest BCUT2D eigenvalue weighted by Gasteiger charge is -2.03. The molecule has 0 atom stereocenters. The van der Waals surface area contributed by atoms with Crippen molar-refractivity contribution in [3.05, 3.63) is 83.4 Å². The second kappa shape index (κ2) is 5.88. The molecule has 0 aliphatic carbocycles. The van der Waals surface area contributed by atoms with Crippen LogP contribution in [0.5, 0.6) is 0 Å². The maximum atomic E-state index is 6.17. The lowest BCUT2D eigenvalue weighted by atomic mass is 10.0. The smallest absolute Gasteiger partial charge is 0.151 e. The highest BCUT2D eigenvalue weighted by Gasteiger charge is 2.12. The Kier molecular flexibility index (Phi) is 3.48. The lowest BCUT2D eigenvalue weighted by Crippen LogP contribution is -1.81. The van der Waals surface area contributed by atoms with Crippen molar-refractivity contribution in [2.75, 3.05) is 0 Å². The average molecular weight is 351 g/mol. The first-order chi connectivity index (χ1) is 13.1. The van der Waals surface area contributed by atoms with E-state index < -0.39 is 0 Å². The minimum Gasteiger partial charge on any atom is -0.454 e. The number of aromatic amines is 1. The Morgan fingerprint density at radius 3 is 2.26 bits per heavy atom. The number of aromatic nitrogens is 1. The van der Waals surface area contributed by atoms with Crippen molar-refractivity contribution in [3.8, 4) is 22.7 Å². The van der Waals surface area contributed by atoms with Gasteiger partial charge in [0.25, 0.3) is 0 Å². The standard InChI is InChI=1S/C25H21NO/c1-15-4-7-19-13-20(9-8-18(19)12-15)22-10-11-23(26-22)24-14-21-16(2)5-6-17(3)25(21)27-24/h4-14,26H,1-3H3. The van der Waals surface area contributed by atoms with E-state index >= 15 is 0 Å². The number of furan rings is 1. The summed E-state index contributed by atoms with van der Waals surface area (Å²) < 4.78 is 6.17. The van der Waals surface area contributed by atoms with Gasteiger partial charge in [0.2, 0.25) is 0 Å². The zero-order valence-corrected chi connectivity index (χ0v) is 15.8. The minimum atomic E-state index is 0.880. The molecule has 27 heavy (non-hydrogen) atoms. The monoisotopic (exact) mass is 351 g/mol. The Labute approximate surface area is 158 Å². The highest BCUT2D eigenvalue weighted by Crippen LogP contribution is 2.33. The first-order valence-electron chi connectivity index (χ1n) is 9.28. The number of nitrogens with one attached hydrogen (secondary N) is 1. The average Bonchev–Trinajstić information content (AvgIpc) is 3.32. The largest absolute Gasteiger partial charge is 0.454 e. The van der Waals surface area contributed by atoms with Crippen molar-refractivity contribution in [1.29, 1.82) is 0 Å². The fourth-order valence-corrected chi connectivity index (χ4v) is 3.76. The second-order valence-corrected chi connectivity index (χ2v) is 7.40. The van der Waals surface area contributed by atoms with Crippen LogP contribution in [0.1, 0.15) is 16.7 Å². The van der Waals surface area contributed by atoms with Gasteiger partial charge < -0.3 is 9.40 Å². The minimum absolute atomic E-state index is 0.880. The molecule has 2 aromatic heterocycles. The SMILES string of the molecule is Cc1ccc2cc(-c3ccc(-c4cc5c(C)ccc(C)c5o4)[nH]3)ccc2c1. The fraction of sp³-hybridized carbons (Fsp3) is 0.120. The zero-order chi connectivity index (χ0) is 18.5. The number of aryl methyl sites for hydroxylation is 3. The summed E-state index contributed by atoms with van der Waals surface area (Å²) in [7, 11) is 0. The van der Waals surface area contributed by atoms with E-state index in [0.717, 1.165) is 22.7 Å². The van der Waals surface area contributed by atoms with Gasteiger partial charge in [-0.1, -0.05) is 48.0 Å². The van der Waals surface area contributed by atoms with Gasteiger partial charge in [0.1, 0.15) is 5.58 Å². The molecule has 0 radical (unpaired) electrons. The number of hydrogen-bond acceptors (Lipinski definition) is 1. The van der Waals surface area contributed by atoms with Gasteiger partial charge in [-0.3, -0.25) is 0 Å². The molecule has 5 rings (SSSR count). The van der Waals surface area contributed by atoms with Gasteiger partial charge in [0.15, 0.2) is 5.76 Å². The summed E-state index contributed by atoms with van der Waals surface area (Å²) in [5.41, 5.74) is 7.95. The molecule has 2 heteroatoms. The van der Waals surface area contributed by atoms with Crippen molar-refractivity contribution in [3.63, 3.8) is 0 Å². The van der Waals surface area contributed by atoms with E-state index in [1.54, 1.807) is 0 Å². The Balaban J connectivity index is 1.58. The molecule has 0 unspecified atom stereocenters. The Bertz CT molecular complexity index is 1260. The van der Waals surface area contributed by atoms with Crippen molar-refractivity contribution < 1.29 is 4.42 Å². The number of fused-ring (bicyclic) bond motifs is 2. The molecule has 0 spiro atoms. The van der Waals surface area contributed by atoms with Crippen molar-refractivity contribution >= 4 is 21.7 Å². The zero-order valence-electron chi connectivity index (χ0n) is 15.8. The van der Waals surface area contributed by atoms with Gasteiger partial charge in [-0.05, 0) is 72.5 Å². The summed E-state index contributed by atoms with van der Waals surface area (Å²) in [6, 6.07) is 23.8. The van der Waals surface area contributed by atoms with Crippen molar-refractivity contribution in [2.45, 2.75) is 20.8 Å². The molecule has 1 N–H and O–H groups in total. The number of rotatable bonds is 2. The number of H-pyrrole nitrogens is 1. The van der Waals surface area contributed by atoms with Gasteiger partial charge in [-0.25, -0.2) is 0 Å². The van der Waals surface area contributed by atoms with E-state index in [4.69, 9.17) is 4.42 Å². The van der Waals surface area contributed by atoms with E-state index in [2.05, 4.69) is 92.5 Å². The van der Waals surface area contributed by atoms with Crippen LogP contribution in [-0.2, 0) is 0 Å². The molecule has 0 amide bonds. The fourth-order valence-electron chi connectivity index (χ4n) is 3.76. The van der Waals surface area contributed by atoms with Crippen LogP contribution in [0.2, 0.25) is 0 Å². The molecule has 0 saturated carbocycles. The van der Waals surface area contributed by atoms with E-state index in [-0.39, 0.29) is 0 Å². The molecule has 0 aliphatic rings. The predicted molar refractivity (Wildman–Crippen MR) is 113 cm³/mol. The van der Waals surface area contributed by atoms with Crippen LogP contribution in [0.25, 0.3) is 44.5 Å². The third-order valence-electron chi connectivity index (χ3n) is 5.36. The molecule has 0 bridgehead atoms. The normalized spacial score (nSPS) is 11.5. The van der Waals surface area contributed by atoms with Crippen LogP contribution >= 0.6 is 0 Å². The molecule has 2 heterocycles. The van der Waals surface area contributed by atoms with E-state index in [1.807, 2.05) is 0 Å². The van der Waals surface area contributed by atoms with Crippen molar-refractivity contribution in [2.24, 2.45) is 0 Å². The highest BCUT2D eigenvalue weighted by molar-refractivity contribution is 5.89. The second-order valence-electron chi connectivity index (χ2n) is 7.40. The van der Waals surface area contributed by atoms with E-state index in [1.165, 1.54) is 38.4 Å². The molecule has 5 aromatic rings. The van der Waals surface area contributed by atoms with Crippen LogP contribution < -0.4 is 0 Å². The predicted octanol–water partition coefficient (Wildman–Crippen LogP) is 7.17. The number of hydrogen-bond donors (Lipinski definition) is 1. The summed E-state index contributed by atoms with van der Waals surface area (Å²) in [5, 5.41) is 3.71. The lowest BCUT2D eigenvalue weighted by molar-refractivity contribution is 0.626. The summed E-state index contributed by atoms with van der Waals surface area (Å²) in [6.07, 6.45) is 0. The van der Waals surface area contributed by atoms with Gasteiger partial charge in [0.05, 0.1) is 5.69 Å². The molecular weight excluding hydrogens is 330 g/mol. The van der Waals surface area contributed by atoms with Gasteiger partial charge in [-0.2, -0.15) is 0 Å². The van der Waals surface area contributed by atoms with Crippen LogP contribution in [0.15, 0.2) is 71.1 Å². The van der Waals surface area contributed by atoms with E-state index in [9.17, 15) is 0 Å². The first-order valence-corrected chi connectivity index (χ1v) is 9.28. The summed E-state index contributed by atoms with van der Waals surface area (Å²) in [6.45, 7) is 6.34. The van der Waals surface area contributed by atoms with E-state index in [0.29, 0.717) is 0 Å². The summed E-state index contributed by atoms with van der Waals surface area (Å²) >= 11 is 0. The van der Waals surface area contributed by atoms with Crippen LogP contribution in [0.3, 0.4) is 0 Å². The van der Waals surface area contributed by atoms with Gasteiger partial charge in [0, 0.05) is 11.1 Å². The van der Waals surface area contributed by atoms with Crippen LogP contribution in [-0.4, -0.2) is 4.98 Å². The highest BCUT2D eigenvalue weighted by atomic mass is 16.3. The molecular formula is C25H21NO. The Morgan fingerprint density at radius 2 is 1.41 bits per heavy atom. The molecule has 132 valence electrons. The Hall–Kier alpha value is -3.26. The van der Waals surface area contributed by atoms with Gasteiger partial charge >= 0.3 is 0 Å². The molecule has 3 aromatic carbocycles. The molecule has 0 fully saturated rings. The molecule has 2 nitrogen and oxygen atoms in total. The van der Waals surface area contributed by atoms with Crippen LogP contribution in [0, 0.1) is 20.8 Å². The maximum Gasteiger partial charge on any atom is 0.151 e. The van der Waals surface area contributed by atoms with Gasteiger partial charge in [-0.15, -0.1) is 0 Å². The molecule has 0 aliphatic heterocycles. The third kappa shape index (κ3) is 2.65. The molecule has 0 saturated heterocycles. The van der Waals surface area contributed by atoms with Crippen LogP contribution in [0.4, 0.5) is 0 Å². The van der Waals surface area contributed by atoms with Crippen molar-refractivity contribution in [1.82, 2.24) is 4.98 Å².